The zero-order valence-corrected chi connectivity index (χ0v) is 20.4. The number of aromatic nitrogens is 1. The van der Waals surface area contributed by atoms with E-state index < -0.39 is 10.0 Å². The van der Waals surface area contributed by atoms with Crippen molar-refractivity contribution >= 4 is 42.4 Å². The van der Waals surface area contributed by atoms with E-state index >= 15 is 0 Å². The van der Waals surface area contributed by atoms with E-state index in [0.29, 0.717) is 37.7 Å². The predicted octanol–water partition coefficient (Wildman–Crippen LogP) is 4.41. The van der Waals surface area contributed by atoms with Gasteiger partial charge in [-0.25, -0.2) is 13.4 Å². The lowest BCUT2D eigenvalue weighted by Gasteiger charge is -2.33. The first-order chi connectivity index (χ1) is 15.0. The summed E-state index contributed by atoms with van der Waals surface area (Å²) in [6, 6.07) is 15.0. The Bertz CT molecular complexity index is 1120. The SMILES string of the molecule is CCOc1ccc(Cc2csc(N3CCN(S(=O)(=O)c4cccc(Br)c4)CC3)n2)cc1. The van der Waals surface area contributed by atoms with Crippen molar-refractivity contribution in [2.45, 2.75) is 18.2 Å². The summed E-state index contributed by atoms with van der Waals surface area (Å²) < 4.78 is 33.6. The van der Waals surface area contributed by atoms with Crippen molar-refractivity contribution in [2.24, 2.45) is 0 Å². The van der Waals surface area contributed by atoms with Crippen LogP contribution in [0, 0.1) is 0 Å². The molecule has 0 saturated carbocycles. The number of rotatable bonds is 7. The number of benzene rings is 2. The van der Waals surface area contributed by atoms with E-state index in [2.05, 4.69) is 38.3 Å². The minimum Gasteiger partial charge on any atom is -0.494 e. The van der Waals surface area contributed by atoms with Gasteiger partial charge in [0.15, 0.2) is 5.13 Å². The van der Waals surface area contributed by atoms with Crippen LogP contribution in [0.2, 0.25) is 0 Å². The maximum Gasteiger partial charge on any atom is 0.243 e. The number of anilines is 1. The number of halogens is 1. The molecule has 0 N–H and O–H groups in total. The molecular weight excluding hydrogens is 498 g/mol. The molecule has 1 fully saturated rings. The summed E-state index contributed by atoms with van der Waals surface area (Å²) in [5, 5.41) is 3.02. The summed E-state index contributed by atoms with van der Waals surface area (Å²) in [5.74, 6) is 0.876. The van der Waals surface area contributed by atoms with Crippen molar-refractivity contribution in [3.8, 4) is 5.75 Å². The van der Waals surface area contributed by atoms with E-state index in [1.54, 1.807) is 33.8 Å². The first-order valence-corrected chi connectivity index (χ1v) is 13.2. The summed E-state index contributed by atoms with van der Waals surface area (Å²) in [4.78, 5) is 7.27. The van der Waals surface area contributed by atoms with Gasteiger partial charge in [0.05, 0.1) is 17.2 Å². The van der Waals surface area contributed by atoms with Gasteiger partial charge in [-0.15, -0.1) is 11.3 Å². The lowest BCUT2D eigenvalue weighted by atomic mass is 10.1. The van der Waals surface area contributed by atoms with Gasteiger partial charge in [0, 0.05) is 42.5 Å². The van der Waals surface area contributed by atoms with E-state index in [4.69, 9.17) is 9.72 Å². The molecule has 4 rings (SSSR count). The molecule has 0 spiro atoms. The normalized spacial score (nSPS) is 15.2. The third kappa shape index (κ3) is 5.28. The number of hydrogen-bond donors (Lipinski definition) is 0. The van der Waals surface area contributed by atoms with E-state index in [1.165, 1.54) is 5.56 Å². The van der Waals surface area contributed by atoms with Gasteiger partial charge >= 0.3 is 0 Å². The van der Waals surface area contributed by atoms with Crippen LogP contribution in [0.15, 0.2) is 63.3 Å². The van der Waals surface area contributed by atoms with Crippen molar-refractivity contribution in [3.63, 3.8) is 0 Å². The highest BCUT2D eigenvalue weighted by Gasteiger charge is 2.29. The number of thiazole rings is 1. The van der Waals surface area contributed by atoms with Gasteiger partial charge in [0.25, 0.3) is 0 Å². The topological polar surface area (TPSA) is 62.7 Å². The molecule has 9 heteroatoms. The van der Waals surface area contributed by atoms with Crippen LogP contribution in [0.4, 0.5) is 5.13 Å². The van der Waals surface area contributed by atoms with Crippen molar-refractivity contribution in [2.75, 3.05) is 37.7 Å². The number of nitrogens with zero attached hydrogens (tertiary/aromatic N) is 3. The Morgan fingerprint density at radius 3 is 2.52 bits per heavy atom. The second-order valence-electron chi connectivity index (χ2n) is 7.22. The van der Waals surface area contributed by atoms with Gasteiger partial charge in [-0.05, 0) is 42.8 Å². The lowest BCUT2D eigenvalue weighted by Crippen LogP contribution is -2.48. The minimum atomic E-state index is -3.48. The van der Waals surface area contributed by atoms with Gasteiger partial charge in [-0.1, -0.05) is 34.1 Å². The first kappa shape index (κ1) is 22.3. The highest BCUT2D eigenvalue weighted by Crippen LogP contribution is 2.26. The molecule has 0 aliphatic carbocycles. The molecule has 1 aliphatic rings. The average Bonchev–Trinajstić information content (AvgIpc) is 3.24. The minimum absolute atomic E-state index is 0.321. The third-order valence-corrected chi connectivity index (χ3v) is 8.44. The molecule has 0 bridgehead atoms. The molecule has 0 unspecified atom stereocenters. The van der Waals surface area contributed by atoms with E-state index in [1.807, 2.05) is 25.1 Å². The number of ether oxygens (including phenoxy) is 1. The van der Waals surface area contributed by atoms with Crippen molar-refractivity contribution in [1.29, 1.82) is 0 Å². The van der Waals surface area contributed by atoms with Crippen molar-refractivity contribution in [3.05, 3.63) is 69.6 Å². The zero-order chi connectivity index (χ0) is 21.8. The molecule has 1 aliphatic heterocycles. The van der Waals surface area contributed by atoms with E-state index in [-0.39, 0.29) is 0 Å². The van der Waals surface area contributed by atoms with Gasteiger partial charge < -0.3 is 9.64 Å². The first-order valence-electron chi connectivity index (χ1n) is 10.1. The maximum atomic E-state index is 12.9. The van der Waals surface area contributed by atoms with Crippen LogP contribution in [-0.2, 0) is 16.4 Å². The Hall–Kier alpha value is -1.94. The molecular formula is C22H24BrN3O3S2. The van der Waals surface area contributed by atoms with Crippen LogP contribution in [-0.4, -0.2) is 50.5 Å². The summed E-state index contributed by atoms with van der Waals surface area (Å²) >= 11 is 4.96. The van der Waals surface area contributed by atoms with Crippen LogP contribution in [0.1, 0.15) is 18.2 Å². The second kappa shape index (κ2) is 9.68. The molecule has 6 nitrogen and oxygen atoms in total. The third-order valence-electron chi connectivity index (χ3n) is 5.10. The Kier molecular flexibility index (Phi) is 6.95. The maximum absolute atomic E-state index is 12.9. The fourth-order valence-electron chi connectivity index (χ4n) is 3.50. The van der Waals surface area contributed by atoms with Gasteiger partial charge in [-0.3, -0.25) is 0 Å². The van der Waals surface area contributed by atoms with Crippen LogP contribution >= 0.6 is 27.3 Å². The molecule has 31 heavy (non-hydrogen) atoms. The predicted molar refractivity (Wildman–Crippen MR) is 128 cm³/mol. The highest BCUT2D eigenvalue weighted by molar-refractivity contribution is 9.10. The fraction of sp³-hybridized carbons (Fsp3) is 0.318. The highest BCUT2D eigenvalue weighted by atomic mass is 79.9. The number of hydrogen-bond acceptors (Lipinski definition) is 6. The summed E-state index contributed by atoms with van der Waals surface area (Å²) in [5.41, 5.74) is 2.21. The largest absolute Gasteiger partial charge is 0.494 e. The standard InChI is InChI=1S/C22H24BrN3O3S2/c1-2-29-20-8-6-17(7-9-20)14-19-16-30-22(24-19)25-10-12-26(13-11-25)31(27,28)21-5-3-4-18(23)15-21/h3-9,15-16H,2,10-14H2,1H3. The van der Waals surface area contributed by atoms with Gasteiger partial charge in [-0.2, -0.15) is 4.31 Å². The van der Waals surface area contributed by atoms with Gasteiger partial charge in [0.2, 0.25) is 10.0 Å². The molecule has 2 aromatic carbocycles. The van der Waals surface area contributed by atoms with Crippen LogP contribution in [0.25, 0.3) is 0 Å². The van der Waals surface area contributed by atoms with Crippen molar-refractivity contribution in [1.82, 2.24) is 9.29 Å². The molecule has 2 heterocycles. The molecule has 1 aromatic heterocycles. The molecule has 0 radical (unpaired) electrons. The van der Waals surface area contributed by atoms with Crippen LogP contribution in [0.5, 0.6) is 5.75 Å². The Labute approximate surface area is 195 Å². The Balaban J connectivity index is 1.37. The number of piperazine rings is 1. The smallest absolute Gasteiger partial charge is 0.243 e. The Morgan fingerprint density at radius 1 is 1.10 bits per heavy atom. The van der Waals surface area contributed by atoms with Gasteiger partial charge in [0.1, 0.15) is 5.75 Å². The second-order valence-corrected chi connectivity index (χ2v) is 10.9. The van der Waals surface area contributed by atoms with Crippen LogP contribution < -0.4 is 9.64 Å². The molecule has 1 saturated heterocycles. The molecule has 0 amide bonds. The molecule has 3 aromatic rings. The Morgan fingerprint density at radius 2 is 1.84 bits per heavy atom. The average molecular weight is 522 g/mol. The number of sulfonamides is 1. The monoisotopic (exact) mass is 521 g/mol. The molecule has 164 valence electrons. The molecule has 0 atom stereocenters. The fourth-order valence-corrected chi connectivity index (χ4v) is 6.40. The van der Waals surface area contributed by atoms with E-state index in [0.717, 1.165) is 27.5 Å². The van der Waals surface area contributed by atoms with Crippen molar-refractivity contribution < 1.29 is 13.2 Å². The quantitative estimate of drug-likeness (QED) is 0.460. The lowest BCUT2D eigenvalue weighted by molar-refractivity contribution is 0.340. The summed E-state index contributed by atoms with van der Waals surface area (Å²) in [6.07, 6.45) is 0.764. The zero-order valence-electron chi connectivity index (χ0n) is 17.2. The summed E-state index contributed by atoms with van der Waals surface area (Å²) in [6.45, 7) is 4.78. The summed E-state index contributed by atoms with van der Waals surface area (Å²) in [7, 11) is -3.48. The van der Waals surface area contributed by atoms with E-state index in [9.17, 15) is 8.42 Å². The van der Waals surface area contributed by atoms with Crippen LogP contribution in [0.3, 0.4) is 0 Å².